The molecule has 0 spiro atoms. The molecule has 6 nitrogen and oxygen atoms in total. The Balaban J connectivity index is 2.17. The van der Waals surface area contributed by atoms with E-state index in [1.165, 1.54) is 18.3 Å². The van der Waals surface area contributed by atoms with E-state index in [9.17, 15) is 8.42 Å². The molecule has 1 aromatic rings. The number of nitrogens with one attached hydrogen (secondary N) is 1. The molecule has 1 aliphatic heterocycles. The minimum Gasteiger partial charge on any atom is -0.302 e. The molecule has 1 saturated heterocycles. The predicted molar refractivity (Wildman–Crippen MR) is 74.4 cm³/mol. The SMILES string of the molecule is CCN1CCCC(NS(=O)(=O)c2cccnc2C#N)C1. The van der Waals surface area contributed by atoms with Crippen LogP contribution in [0.2, 0.25) is 0 Å². The van der Waals surface area contributed by atoms with Gasteiger partial charge >= 0.3 is 0 Å². The first-order valence-corrected chi connectivity index (χ1v) is 8.15. The first kappa shape index (κ1) is 14.9. The number of rotatable bonds is 4. The van der Waals surface area contributed by atoms with Crippen molar-refractivity contribution in [3.63, 3.8) is 0 Å². The Bertz CT molecular complexity index is 609. The van der Waals surface area contributed by atoms with Gasteiger partial charge in [-0.1, -0.05) is 6.92 Å². The molecule has 1 aliphatic rings. The summed E-state index contributed by atoms with van der Waals surface area (Å²) in [4.78, 5) is 5.97. The number of likely N-dealkylation sites (tertiary alicyclic amines) is 1. The molecule has 108 valence electrons. The fourth-order valence-electron chi connectivity index (χ4n) is 2.41. The normalized spacial score (nSPS) is 20.5. The van der Waals surface area contributed by atoms with Crippen molar-refractivity contribution in [2.75, 3.05) is 19.6 Å². The fourth-order valence-corrected chi connectivity index (χ4v) is 3.78. The van der Waals surface area contributed by atoms with Gasteiger partial charge in [-0.3, -0.25) is 0 Å². The zero-order chi connectivity index (χ0) is 14.6. The maximum Gasteiger partial charge on any atom is 0.243 e. The number of nitrogens with zero attached hydrogens (tertiary/aromatic N) is 3. The molecule has 1 unspecified atom stereocenters. The van der Waals surface area contributed by atoms with Gasteiger partial charge in [0, 0.05) is 18.8 Å². The Morgan fingerprint density at radius 1 is 1.60 bits per heavy atom. The Hall–Kier alpha value is -1.49. The highest BCUT2D eigenvalue weighted by Gasteiger charge is 2.26. The van der Waals surface area contributed by atoms with Crippen LogP contribution in [0.1, 0.15) is 25.5 Å². The van der Waals surface area contributed by atoms with Crippen LogP contribution in [0.25, 0.3) is 0 Å². The summed E-state index contributed by atoms with van der Waals surface area (Å²) in [5, 5.41) is 8.95. The number of sulfonamides is 1. The van der Waals surface area contributed by atoms with E-state index in [-0.39, 0.29) is 16.6 Å². The number of piperidine rings is 1. The molecule has 0 saturated carbocycles. The third-order valence-electron chi connectivity index (χ3n) is 3.44. The summed E-state index contributed by atoms with van der Waals surface area (Å²) in [5.74, 6) is 0. The molecule has 7 heteroatoms. The fraction of sp³-hybridized carbons (Fsp3) is 0.538. The van der Waals surface area contributed by atoms with Gasteiger partial charge < -0.3 is 4.90 Å². The van der Waals surface area contributed by atoms with E-state index in [0.717, 1.165) is 25.9 Å². The minimum atomic E-state index is -3.70. The van der Waals surface area contributed by atoms with Gasteiger partial charge in [-0.2, -0.15) is 5.26 Å². The van der Waals surface area contributed by atoms with Crippen LogP contribution in [-0.4, -0.2) is 44.0 Å². The minimum absolute atomic E-state index is 0.0453. The molecule has 1 aromatic heterocycles. The quantitative estimate of drug-likeness (QED) is 0.884. The largest absolute Gasteiger partial charge is 0.302 e. The molecular formula is C13H18N4O2S. The number of nitriles is 1. The monoisotopic (exact) mass is 294 g/mol. The molecule has 20 heavy (non-hydrogen) atoms. The van der Waals surface area contributed by atoms with E-state index in [1.807, 2.05) is 6.07 Å². The Morgan fingerprint density at radius 2 is 2.40 bits per heavy atom. The molecule has 0 radical (unpaired) electrons. The van der Waals surface area contributed by atoms with Gasteiger partial charge in [0.1, 0.15) is 11.0 Å². The number of hydrogen-bond acceptors (Lipinski definition) is 5. The first-order valence-electron chi connectivity index (χ1n) is 6.66. The molecular weight excluding hydrogens is 276 g/mol. The highest BCUT2D eigenvalue weighted by molar-refractivity contribution is 7.89. The Labute approximate surface area is 119 Å². The standard InChI is InChI=1S/C13H18N4O2S/c1-2-17-8-4-5-11(10-17)16-20(18,19)13-6-3-7-15-12(13)9-14/h3,6-7,11,16H,2,4-5,8,10H2,1H3. The Kier molecular flexibility index (Phi) is 4.70. The summed E-state index contributed by atoms with van der Waals surface area (Å²) in [5.41, 5.74) is -0.0665. The lowest BCUT2D eigenvalue weighted by molar-refractivity contribution is 0.211. The molecule has 0 amide bonds. The van der Waals surface area contributed by atoms with Crippen LogP contribution in [-0.2, 0) is 10.0 Å². The average Bonchev–Trinajstić information content (AvgIpc) is 2.47. The molecule has 1 fully saturated rings. The van der Waals surface area contributed by atoms with Crippen molar-refractivity contribution in [1.29, 1.82) is 5.26 Å². The van der Waals surface area contributed by atoms with Crippen molar-refractivity contribution < 1.29 is 8.42 Å². The summed E-state index contributed by atoms with van der Waals surface area (Å²) in [7, 11) is -3.70. The van der Waals surface area contributed by atoms with E-state index in [1.54, 1.807) is 0 Å². The second-order valence-electron chi connectivity index (χ2n) is 4.82. The van der Waals surface area contributed by atoms with E-state index in [0.29, 0.717) is 6.54 Å². The summed E-state index contributed by atoms with van der Waals surface area (Å²) in [6.45, 7) is 4.68. The van der Waals surface area contributed by atoms with Gasteiger partial charge in [-0.15, -0.1) is 0 Å². The van der Waals surface area contributed by atoms with Crippen molar-refractivity contribution in [2.45, 2.75) is 30.7 Å². The molecule has 0 aromatic carbocycles. The van der Waals surface area contributed by atoms with Crippen LogP contribution < -0.4 is 4.72 Å². The lowest BCUT2D eigenvalue weighted by Gasteiger charge is -2.32. The van der Waals surface area contributed by atoms with Crippen molar-refractivity contribution in [1.82, 2.24) is 14.6 Å². The van der Waals surface area contributed by atoms with Gasteiger partial charge in [0.2, 0.25) is 10.0 Å². The van der Waals surface area contributed by atoms with E-state index >= 15 is 0 Å². The summed E-state index contributed by atoms with van der Waals surface area (Å²) >= 11 is 0. The van der Waals surface area contributed by atoms with Crippen LogP contribution in [0, 0.1) is 11.3 Å². The highest BCUT2D eigenvalue weighted by atomic mass is 32.2. The zero-order valence-electron chi connectivity index (χ0n) is 11.4. The van der Waals surface area contributed by atoms with Crippen molar-refractivity contribution in [2.24, 2.45) is 0 Å². The van der Waals surface area contributed by atoms with Gasteiger partial charge in [-0.25, -0.2) is 18.1 Å². The maximum atomic E-state index is 12.4. The van der Waals surface area contributed by atoms with E-state index in [4.69, 9.17) is 5.26 Å². The smallest absolute Gasteiger partial charge is 0.243 e. The van der Waals surface area contributed by atoms with Crippen LogP contribution in [0.5, 0.6) is 0 Å². The van der Waals surface area contributed by atoms with Gasteiger partial charge in [-0.05, 0) is 38.1 Å². The van der Waals surface area contributed by atoms with E-state index < -0.39 is 10.0 Å². The van der Waals surface area contributed by atoms with Gasteiger partial charge in [0.05, 0.1) is 0 Å². The molecule has 1 N–H and O–H groups in total. The lowest BCUT2D eigenvalue weighted by atomic mass is 10.1. The second kappa shape index (κ2) is 6.31. The number of hydrogen-bond donors (Lipinski definition) is 1. The topological polar surface area (TPSA) is 86.1 Å². The second-order valence-corrected chi connectivity index (χ2v) is 6.50. The van der Waals surface area contributed by atoms with Gasteiger partial charge in [0.25, 0.3) is 0 Å². The zero-order valence-corrected chi connectivity index (χ0v) is 12.2. The van der Waals surface area contributed by atoms with Crippen LogP contribution in [0.4, 0.5) is 0 Å². The molecule has 0 aliphatic carbocycles. The molecule has 0 bridgehead atoms. The summed E-state index contributed by atoms with van der Waals surface area (Å²) in [6.07, 6.45) is 3.20. The van der Waals surface area contributed by atoms with Crippen molar-refractivity contribution in [3.05, 3.63) is 24.0 Å². The Morgan fingerprint density at radius 3 is 3.10 bits per heavy atom. The summed E-state index contributed by atoms with van der Waals surface area (Å²) < 4.78 is 27.4. The maximum absolute atomic E-state index is 12.4. The number of pyridine rings is 1. The van der Waals surface area contributed by atoms with Crippen molar-refractivity contribution >= 4 is 10.0 Å². The average molecular weight is 294 g/mol. The van der Waals surface area contributed by atoms with Crippen LogP contribution >= 0.6 is 0 Å². The third kappa shape index (κ3) is 3.33. The lowest BCUT2D eigenvalue weighted by Crippen LogP contribution is -2.47. The van der Waals surface area contributed by atoms with Crippen molar-refractivity contribution in [3.8, 4) is 6.07 Å². The summed E-state index contributed by atoms with van der Waals surface area (Å²) in [6, 6.07) is 4.64. The van der Waals surface area contributed by atoms with Crippen LogP contribution in [0.3, 0.4) is 0 Å². The van der Waals surface area contributed by atoms with Crippen LogP contribution in [0.15, 0.2) is 23.2 Å². The van der Waals surface area contributed by atoms with Gasteiger partial charge in [0.15, 0.2) is 5.69 Å². The highest BCUT2D eigenvalue weighted by Crippen LogP contribution is 2.16. The van der Waals surface area contributed by atoms with E-state index in [2.05, 4.69) is 21.5 Å². The first-order chi connectivity index (χ1) is 9.56. The molecule has 2 rings (SSSR count). The number of aromatic nitrogens is 1. The molecule has 2 heterocycles. The number of likely N-dealkylation sites (N-methyl/N-ethyl adjacent to an activating group) is 1. The predicted octanol–water partition coefficient (Wildman–Crippen LogP) is 0.716. The third-order valence-corrected chi connectivity index (χ3v) is 4.99. The molecule has 1 atom stereocenters.